The topological polar surface area (TPSA) is 106 Å². The number of amides is 2. The van der Waals surface area contributed by atoms with Crippen LogP contribution in [0, 0.1) is 5.92 Å². The van der Waals surface area contributed by atoms with E-state index in [-0.39, 0.29) is 18.4 Å². The highest BCUT2D eigenvalue weighted by molar-refractivity contribution is 5.90. The van der Waals surface area contributed by atoms with Gasteiger partial charge < -0.3 is 19.3 Å². The van der Waals surface area contributed by atoms with Crippen LogP contribution in [-0.2, 0) is 19.1 Å². The van der Waals surface area contributed by atoms with Gasteiger partial charge in [-0.25, -0.2) is 9.59 Å². The van der Waals surface area contributed by atoms with Crippen LogP contribution in [0.3, 0.4) is 0 Å². The van der Waals surface area contributed by atoms with E-state index in [0.29, 0.717) is 17.7 Å². The minimum atomic E-state index is -1.23. The molecule has 1 fully saturated rings. The average molecular weight is 587 g/mol. The van der Waals surface area contributed by atoms with Crippen LogP contribution in [0.4, 0.5) is 4.79 Å². The van der Waals surface area contributed by atoms with E-state index in [2.05, 4.69) is 12.1 Å². The lowest BCUT2D eigenvalue weighted by molar-refractivity contribution is -0.154. The van der Waals surface area contributed by atoms with Crippen LogP contribution in [0.2, 0.25) is 0 Å². The summed E-state index contributed by atoms with van der Waals surface area (Å²) in [5, 5.41) is 10.1. The van der Waals surface area contributed by atoms with Gasteiger partial charge in [0.2, 0.25) is 5.91 Å². The summed E-state index contributed by atoms with van der Waals surface area (Å²) in [4.78, 5) is 42.9. The van der Waals surface area contributed by atoms with E-state index in [0.717, 1.165) is 22.3 Å². The van der Waals surface area contributed by atoms with Gasteiger partial charge in [0.15, 0.2) is 12.3 Å². The van der Waals surface area contributed by atoms with Crippen molar-refractivity contribution in [3.05, 3.63) is 89.5 Å². The second kappa shape index (κ2) is 12.5. The summed E-state index contributed by atoms with van der Waals surface area (Å²) in [5.74, 6) is -1.49. The molecule has 0 bridgehead atoms. The van der Waals surface area contributed by atoms with Gasteiger partial charge in [-0.2, -0.15) is 0 Å². The minimum absolute atomic E-state index is 0.106. The molecule has 1 N–H and O–H groups in total. The fourth-order valence-electron chi connectivity index (χ4n) is 6.27. The van der Waals surface area contributed by atoms with Crippen molar-refractivity contribution in [2.75, 3.05) is 20.8 Å². The van der Waals surface area contributed by atoms with Gasteiger partial charge in [-0.1, -0.05) is 80.9 Å². The molecule has 0 radical (unpaired) electrons. The Morgan fingerprint density at radius 1 is 0.977 bits per heavy atom. The number of aliphatic carboxylic acids is 1. The number of carboxylic acid groups (broad SMARTS) is 1. The van der Waals surface area contributed by atoms with Crippen LogP contribution >= 0.6 is 0 Å². The molecule has 1 saturated heterocycles. The van der Waals surface area contributed by atoms with Gasteiger partial charge in [0.25, 0.3) is 0 Å². The van der Waals surface area contributed by atoms with Crippen molar-refractivity contribution in [3.63, 3.8) is 0 Å². The molecular formula is C34H38N2O7. The number of benzene rings is 3. The van der Waals surface area contributed by atoms with E-state index in [1.807, 2.05) is 50.2 Å². The van der Waals surface area contributed by atoms with Crippen LogP contribution in [-0.4, -0.2) is 71.8 Å². The molecule has 0 unspecified atom stereocenters. The first-order valence-electron chi connectivity index (χ1n) is 14.6. The lowest BCUT2D eigenvalue weighted by Gasteiger charge is -2.36. The van der Waals surface area contributed by atoms with Gasteiger partial charge >= 0.3 is 12.1 Å². The SMILES string of the molecule is CC[C@H](C)[C@@H](C(=O)N1[C@@H](c2ccc(OC)cc2)O[C@H](C)[C@H]1C(=O)O)N(C)C(=O)OCC1c2ccccc2-c2ccccc21. The molecule has 9 nitrogen and oxygen atoms in total. The van der Waals surface area contributed by atoms with Crippen molar-refractivity contribution >= 4 is 18.0 Å². The molecule has 5 rings (SSSR count). The Hall–Kier alpha value is -4.37. The molecule has 0 aromatic heterocycles. The largest absolute Gasteiger partial charge is 0.497 e. The average Bonchev–Trinajstić information content (AvgIpc) is 3.54. The molecule has 9 heteroatoms. The number of methoxy groups -OCH3 is 1. The maximum atomic E-state index is 14.4. The van der Waals surface area contributed by atoms with Crippen molar-refractivity contribution < 1.29 is 33.7 Å². The fourth-order valence-corrected chi connectivity index (χ4v) is 6.27. The Labute approximate surface area is 252 Å². The maximum absolute atomic E-state index is 14.4. The van der Waals surface area contributed by atoms with Crippen molar-refractivity contribution in [1.82, 2.24) is 9.80 Å². The number of likely N-dealkylation sites (N-methyl/N-ethyl adjacent to an activating group) is 1. The third kappa shape index (κ3) is 5.57. The number of carbonyl (C=O) groups excluding carboxylic acids is 2. The highest BCUT2D eigenvalue weighted by atomic mass is 16.6. The molecule has 0 spiro atoms. The maximum Gasteiger partial charge on any atom is 0.410 e. The second-order valence-corrected chi connectivity index (χ2v) is 11.2. The van der Waals surface area contributed by atoms with E-state index < -0.39 is 42.4 Å². The number of fused-ring (bicyclic) bond motifs is 3. The summed E-state index contributed by atoms with van der Waals surface area (Å²) in [6.45, 7) is 5.54. The predicted octanol–water partition coefficient (Wildman–Crippen LogP) is 5.69. The van der Waals surface area contributed by atoms with Gasteiger partial charge in [0.05, 0.1) is 13.2 Å². The summed E-state index contributed by atoms with van der Waals surface area (Å²) < 4.78 is 17.2. The molecule has 2 aliphatic rings. The van der Waals surface area contributed by atoms with Crippen LogP contribution < -0.4 is 4.74 Å². The number of carbonyl (C=O) groups is 3. The second-order valence-electron chi connectivity index (χ2n) is 11.2. The third-order valence-electron chi connectivity index (χ3n) is 8.73. The lowest BCUT2D eigenvalue weighted by Crippen LogP contribution is -2.56. The van der Waals surface area contributed by atoms with E-state index in [1.165, 1.54) is 16.8 Å². The monoisotopic (exact) mass is 586 g/mol. The van der Waals surface area contributed by atoms with Crippen LogP contribution in [0.15, 0.2) is 72.8 Å². The number of carboxylic acids is 1. The molecule has 3 aromatic rings. The zero-order chi connectivity index (χ0) is 30.8. The number of ether oxygens (including phenoxy) is 3. The van der Waals surface area contributed by atoms with E-state index in [9.17, 15) is 19.5 Å². The zero-order valence-electron chi connectivity index (χ0n) is 25.1. The van der Waals surface area contributed by atoms with Gasteiger partial charge in [0, 0.05) is 18.5 Å². The first-order valence-corrected chi connectivity index (χ1v) is 14.6. The summed E-state index contributed by atoms with van der Waals surface area (Å²) in [5.41, 5.74) is 5.02. The zero-order valence-corrected chi connectivity index (χ0v) is 25.1. The van der Waals surface area contributed by atoms with Gasteiger partial charge in [-0.05, 0) is 47.2 Å². The Bertz CT molecular complexity index is 1440. The molecule has 2 amide bonds. The number of hydrogen-bond acceptors (Lipinski definition) is 6. The Morgan fingerprint density at radius 2 is 1.56 bits per heavy atom. The molecule has 1 heterocycles. The van der Waals surface area contributed by atoms with Crippen LogP contribution in [0.25, 0.3) is 11.1 Å². The van der Waals surface area contributed by atoms with E-state index in [1.54, 1.807) is 38.3 Å². The standard InChI is InChI=1S/C34H38N2O7/c1-6-20(2)29(31(37)36-30(33(38)39)21(3)43-32(36)22-15-17-23(41-5)18-16-22)35(4)34(40)42-19-28-26-13-9-7-11-24(26)25-12-8-10-14-27(25)28/h7-18,20-21,28-30,32H,6,19H2,1-5H3,(H,38,39)/t20-,21+,29-,30-,32+/m0/s1. The Kier molecular flexibility index (Phi) is 8.73. The molecule has 5 atom stereocenters. The van der Waals surface area contributed by atoms with Crippen LogP contribution in [0.1, 0.15) is 56.0 Å². The predicted molar refractivity (Wildman–Crippen MR) is 161 cm³/mol. The smallest absolute Gasteiger partial charge is 0.410 e. The Morgan fingerprint density at radius 3 is 2.09 bits per heavy atom. The molecular weight excluding hydrogens is 548 g/mol. The normalized spacial score (nSPS) is 20.6. The quantitative estimate of drug-likeness (QED) is 0.343. The van der Waals surface area contributed by atoms with Crippen molar-refractivity contribution in [1.29, 1.82) is 0 Å². The molecule has 1 aliphatic heterocycles. The lowest BCUT2D eigenvalue weighted by atomic mass is 9.95. The summed E-state index contributed by atoms with van der Waals surface area (Å²) in [7, 11) is 3.08. The number of rotatable bonds is 9. The summed E-state index contributed by atoms with van der Waals surface area (Å²) in [6, 6.07) is 20.9. The van der Waals surface area contributed by atoms with Gasteiger partial charge in [0.1, 0.15) is 18.4 Å². The first-order chi connectivity index (χ1) is 20.7. The van der Waals surface area contributed by atoms with Crippen molar-refractivity contribution in [3.8, 4) is 16.9 Å². The molecule has 3 aromatic carbocycles. The highest BCUT2D eigenvalue weighted by Crippen LogP contribution is 2.44. The number of hydrogen-bond donors (Lipinski definition) is 1. The van der Waals surface area contributed by atoms with E-state index in [4.69, 9.17) is 14.2 Å². The van der Waals surface area contributed by atoms with E-state index >= 15 is 0 Å². The molecule has 0 saturated carbocycles. The van der Waals surface area contributed by atoms with Gasteiger partial charge in [-0.15, -0.1) is 0 Å². The number of nitrogens with zero attached hydrogens (tertiary/aromatic N) is 2. The summed E-state index contributed by atoms with van der Waals surface area (Å²) in [6.07, 6.45) is -1.79. The van der Waals surface area contributed by atoms with Crippen molar-refractivity contribution in [2.24, 2.45) is 5.92 Å². The van der Waals surface area contributed by atoms with Gasteiger partial charge in [-0.3, -0.25) is 14.6 Å². The molecule has 226 valence electrons. The van der Waals surface area contributed by atoms with Crippen LogP contribution in [0.5, 0.6) is 5.75 Å². The first kappa shape index (κ1) is 30.1. The molecule has 43 heavy (non-hydrogen) atoms. The van der Waals surface area contributed by atoms with Crippen molar-refractivity contribution in [2.45, 2.75) is 57.5 Å². The summed E-state index contributed by atoms with van der Waals surface area (Å²) >= 11 is 0. The highest BCUT2D eigenvalue weighted by Gasteiger charge is 2.51. The minimum Gasteiger partial charge on any atom is -0.497 e. The third-order valence-corrected chi connectivity index (χ3v) is 8.73. The fraction of sp³-hybridized carbons (Fsp3) is 0.382. The Balaban J connectivity index is 1.40. The molecule has 1 aliphatic carbocycles.